The van der Waals surface area contributed by atoms with E-state index in [0.29, 0.717) is 11.5 Å². The lowest BCUT2D eigenvalue weighted by atomic mass is 10.1. The quantitative estimate of drug-likeness (QED) is 0.641. The van der Waals surface area contributed by atoms with E-state index in [9.17, 15) is 4.79 Å². The van der Waals surface area contributed by atoms with Crippen molar-refractivity contribution in [2.45, 2.75) is 18.8 Å². The predicted molar refractivity (Wildman–Crippen MR) is 54.5 cm³/mol. The molecule has 0 atom stereocenters. The lowest BCUT2D eigenvalue weighted by molar-refractivity contribution is 0.559. The molecule has 0 unspecified atom stereocenters. The Kier molecular flexibility index (Phi) is 1.51. The Morgan fingerprint density at radius 2 is 2.00 bits per heavy atom. The highest BCUT2D eigenvalue weighted by molar-refractivity contribution is 5.80. The van der Waals surface area contributed by atoms with Crippen molar-refractivity contribution in [2.24, 2.45) is 0 Å². The fourth-order valence-corrected chi connectivity index (χ4v) is 1.87. The van der Waals surface area contributed by atoms with Gasteiger partial charge in [-0.2, -0.15) is 0 Å². The van der Waals surface area contributed by atoms with E-state index < -0.39 is 0 Å². The molecule has 0 N–H and O–H groups in total. The molecule has 2 heteroatoms. The molecule has 1 aliphatic rings. The maximum Gasteiger partial charge on any atom is 0.336 e. The lowest BCUT2D eigenvalue weighted by Gasteiger charge is -2.01. The first kappa shape index (κ1) is 7.80. The van der Waals surface area contributed by atoms with Crippen molar-refractivity contribution in [2.75, 3.05) is 0 Å². The van der Waals surface area contributed by atoms with E-state index in [1.807, 2.05) is 24.3 Å². The molecule has 3 rings (SSSR count). The Morgan fingerprint density at radius 1 is 1.21 bits per heavy atom. The van der Waals surface area contributed by atoms with E-state index in [4.69, 9.17) is 4.42 Å². The summed E-state index contributed by atoms with van der Waals surface area (Å²) in [6, 6.07) is 9.38. The minimum Gasteiger partial charge on any atom is -0.423 e. The molecule has 1 saturated carbocycles. The molecular formula is C12H10O2. The molecule has 0 amide bonds. The molecule has 1 aliphatic carbocycles. The standard InChI is InChI=1S/C12H10O2/c13-12-7-10(8-5-6-8)9-3-1-2-4-11(9)14-12/h1-4,7-8H,5-6H2. The first-order valence-corrected chi connectivity index (χ1v) is 4.87. The number of hydrogen-bond donors (Lipinski definition) is 0. The molecule has 1 aromatic carbocycles. The van der Waals surface area contributed by atoms with Crippen LogP contribution in [0, 0.1) is 0 Å². The summed E-state index contributed by atoms with van der Waals surface area (Å²) in [4.78, 5) is 11.3. The van der Waals surface area contributed by atoms with Crippen LogP contribution in [-0.2, 0) is 0 Å². The minimum absolute atomic E-state index is 0.231. The van der Waals surface area contributed by atoms with E-state index in [-0.39, 0.29) is 5.63 Å². The van der Waals surface area contributed by atoms with Crippen LogP contribution in [0.2, 0.25) is 0 Å². The van der Waals surface area contributed by atoms with Gasteiger partial charge in [0.15, 0.2) is 0 Å². The van der Waals surface area contributed by atoms with Crippen molar-refractivity contribution in [1.29, 1.82) is 0 Å². The van der Waals surface area contributed by atoms with Gasteiger partial charge in [0.25, 0.3) is 0 Å². The third kappa shape index (κ3) is 1.15. The van der Waals surface area contributed by atoms with E-state index in [2.05, 4.69) is 0 Å². The Hall–Kier alpha value is -1.57. The third-order valence-electron chi connectivity index (χ3n) is 2.70. The summed E-state index contributed by atoms with van der Waals surface area (Å²) in [6.45, 7) is 0. The van der Waals surface area contributed by atoms with Gasteiger partial charge < -0.3 is 4.42 Å². The highest BCUT2D eigenvalue weighted by Crippen LogP contribution is 2.42. The fourth-order valence-electron chi connectivity index (χ4n) is 1.87. The van der Waals surface area contributed by atoms with Crippen molar-refractivity contribution in [1.82, 2.24) is 0 Å². The van der Waals surface area contributed by atoms with Gasteiger partial charge in [-0.3, -0.25) is 0 Å². The van der Waals surface area contributed by atoms with Gasteiger partial charge in [0.1, 0.15) is 5.58 Å². The van der Waals surface area contributed by atoms with E-state index in [0.717, 1.165) is 10.9 Å². The smallest absolute Gasteiger partial charge is 0.336 e. The van der Waals surface area contributed by atoms with Gasteiger partial charge in [0.05, 0.1) is 0 Å². The first-order valence-electron chi connectivity index (χ1n) is 4.87. The van der Waals surface area contributed by atoms with Crippen LogP contribution in [0.15, 0.2) is 39.5 Å². The van der Waals surface area contributed by atoms with Crippen LogP contribution in [0.25, 0.3) is 11.0 Å². The van der Waals surface area contributed by atoms with Crippen LogP contribution < -0.4 is 5.63 Å². The molecule has 0 saturated heterocycles. The zero-order valence-corrected chi connectivity index (χ0v) is 7.69. The molecule has 14 heavy (non-hydrogen) atoms. The number of para-hydroxylation sites is 1. The monoisotopic (exact) mass is 186 g/mol. The van der Waals surface area contributed by atoms with Crippen LogP contribution >= 0.6 is 0 Å². The van der Waals surface area contributed by atoms with Crippen LogP contribution in [0.3, 0.4) is 0 Å². The van der Waals surface area contributed by atoms with Gasteiger partial charge in [-0.15, -0.1) is 0 Å². The van der Waals surface area contributed by atoms with E-state index in [1.165, 1.54) is 12.8 Å². The molecule has 0 aliphatic heterocycles. The topological polar surface area (TPSA) is 30.2 Å². The van der Waals surface area contributed by atoms with Crippen molar-refractivity contribution >= 4 is 11.0 Å². The second kappa shape index (κ2) is 2.71. The second-order valence-corrected chi connectivity index (χ2v) is 3.79. The molecule has 0 spiro atoms. The zero-order valence-electron chi connectivity index (χ0n) is 7.69. The normalized spacial score (nSPS) is 16.0. The van der Waals surface area contributed by atoms with E-state index >= 15 is 0 Å². The van der Waals surface area contributed by atoms with Gasteiger partial charge in [0.2, 0.25) is 0 Å². The summed E-state index contributed by atoms with van der Waals surface area (Å²) >= 11 is 0. The summed E-state index contributed by atoms with van der Waals surface area (Å²) in [7, 11) is 0. The van der Waals surface area contributed by atoms with Crippen molar-refractivity contribution in [3.05, 3.63) is 46.3 Å². The Balaban J connectivity index is 2.40. The number of fused-ring (bicyclic) bond motifs is 1. The van der Waals surface area contributed by atoms with E-state index in [1.54, 1.807) is 6.07 Å². The van der Waals surface area contributed by atoms with Gasteiger partial charge in [-0.05, 0) is 30.4 Å². The minimum atomic E-state index is -0.231. The average molecular weight is 186 g/mol. The van der Waals surface area contributed by atoms with Crippen molar-refractivity contribution in [3.8, 4) is 0 Å². The Bertz CT molecular complexity index is 535. The molecule has 0 bridgehead atoms. The molecule has 1 aromatic heterocycles. The highest BCUT2D eigenvalue weighted by atomic mass is 16.4. The molecule has 0 radical (unpaired) electrons. The SMILES string of the molecule is O=c1cc(C2CC2)c2ccccc2o1. The van der Waals surface area contributed by atoms with Crippen molar-refractivity contribution in [3.63, 3.8) is 0 Å². The van der Waals surface area contributed by atoms with Crippen LogP contribution in [-0.4, -0.2) is 0 Å². The molecule has 70 valence electrons. The molecule has 2 aromatic rings. The first-order chi connectivity index (χ1) is 6.84. The summed E-state index contributed by atoms with van der Waals surface area (Å²) in [6.07, 6.45) is 2.40. The lowest BCUT2D eigenvalue weighted by Crippen LogP contribution is -1.99. The summed E-state index contributed by atoms with van der Waals surface area (Å²) in [5.41, 5.74) is 1.64. The summed E-state index contributed by atoms with van der Waals surface area (Å²) < 4.78 is 5.12. The molecule has 1 fully saturated rings. The van der Waals surface area contributed by atoms with Crippen molar-refractivity contribution < 1.29 is 4.42 Å². The summed E-state index contributed by atoms with van der Waals surface area (Å²) in [5, 5.41) is 1.09. The second-order valence-electron chi connectivity index (χ2n) is 3.79. The zero-order chi connectivity index (χ0) is 9.54. The van der Waals surface area contributed by atoms with Crippen LogP contribution in [0.5, 0.6) is 0 Å². The molecule has 1 heterocycles. The molecular weight excluding hydrogens is 176 g/mol. The van der Waals surface area contributed by atoms with Gasteiger partial charge >= 0.3 is 5.63 Å². The Morgan fingerprint density at radius 3 is 2.79 bits per heavy atom. The highest BCUT2D eigenvalue weighted by Gasteiger charge is 2.26. The van der Waals surface area contributed by atoms with Gasteiger partial charge in [-0.1, -0.05) is 18.2 Å². The Labute approximate surface area is 81.2 Å². The average Bonchev–Trinajstić information content (AvgIpc) is 2.99. The third-order valence-corrected chi connectivity index (χ3v) is 2.70. The predicted octanol–water partition coefficient (Wildman–Crippen LogP) is 2.67. The number of hydrogen-bond acceptors (Lipinski definition) is 2. The number of rotatable bonds is 1. The fraction of sp³-hybridized carbons (Fsp3) is 0.250. The number of benzene rings is 1. The van der Waals surface area contributed by atoms with Gasteiger partial charge in [-0.25, -0.2) is 4.79 Å². The molecule has 2 nitrogen and oxygen atoms in total. The summed E-state index contributed by atoms with van der Waals surface area (Å²) in [5.74, 6) is 0.587. The van der Waals surface area contributed by atoms with Crippen LogP contribution in [0.1, 0.15) is 24.3 Å². The largest absolute Gasteiger partial charge is 0.423 e. The van der Waals surface area contributed by atoms with Gasteiger partial charge in [0, 0.05) is 11.5 Å². The van der Waals surface area contributed by atoms with Crippen LogP contribution in [0.4, 0.5) is 0 Å². The maximum atomic E-state index is 11.3. The maximum absolute atomic E-state index is 11.3.